The first kappa shape index (κ1) is 19.4. The molecule has 0 aliphatic heterocycles. The van der Waals surface area contributed by atoms with E-state index in [1.165, 1.54) is 0 Å². The fourth-order valence-electron chi connectivity index (χ4n) is 2.22. The third-order valence-corrected chi connectivity index (χ3v) is 3.48. The number of carbonyl (C=O) groups is 1. The average molecular weight is 288 g/mol. The molecule has 1 amide bonds. The van der Waals surface area contributed by atoms with E-state index in [-0.39, 0.29) is 23.9 Å². The van der Waals surface area contributed by atoms with E-state index in [1.54, 1.807) is 14.2 Å². The van der Waals surface area contributed by atoms with Gasteiger partial charge in [-0.2, -0.15) is 0 Å². The predicted octanol–water partition coefficient (Wildman–Crippen LogP) is 1.65. The van der Waals surface area contributed by atoms with Crippen LogP contribution in [0, 0.1) is 5.92 Å². The number of nitrogens with zero attached hydrogens (tertiary/aromatic N) is 1. The molecule has 120 valence electrons. The number of hydrogen-bond donors (Lipinski definition) is 1. The minimum atomic E-state index is 0.0184. The van der Waals surface area contributed by atoms with Crippen LogP contribution >= 0.6 is 0 Å². The van der Waals surface area contributed by atoms with Crippen molar-refractivity contribution < 1.29 is 14.3 Å². The molecule has 0 aromatic carbocycles. The molecular weight excluding hydrogens is 256 g/mol. The highest BCUT2D eigenvalue weighted by Gasteiger charge is 2.24. The fourth-order valence-corrected chi connectivity index (χ4v) is 2.22. The first-order chi connectivity index (χ1) is 9.43. The summed E-state index contributed by atoms with van der Waals surface area (Å²) in [6, 6.07) is 0.271. The Bertz CT molecular complexity index is 260. The van der Waals surface area contributed by atoms with Crippen molar-refractivity contribution in [2.75, 3.05) is 34.0 Å². The molecule has 0 radical (unpaired) electrons. The van der Waals surface area contributed by atoms with Gasteiger partial charge >= 0.3 is 0 Å². The second-order valence-electron chi connectivity index (χ2n) is 5.64. The zero-order valence-electron chi connectivity index (χ0n) is 13.7. The highest BCUT2D eigenvalue weighted by atomic mass is 16.5. The van der Waals surface area contributed by atoms with Crippen molar-refractivity contribution in [2.45, 2.75) is 52.1 Å². The van der Waals surface area contributed by atoms with Gasteiger partial charge in [0, 0.05) is 32.7 Å². The molecule has 0 aromatic heterocycles. The lowest BCUT2D eigenvalue weighted by atomic mass is 10.00. The van der Waals surface area contributed by atoms with Gasteiger partial charge in [-0.3, -0.25) is 4.79 Å². The molecule has 0 saturated heterocycles. The van der Waals surface area contributed by atoms with E-state index in [0.717, 1.165) is 19.3 Å². The second kappa shape index (κ2) is 11.1. The Kier molecular flexibility index (Phi) is 10.7. The van der Waals surface area contributed by atoms with Crippen molar-refractivity contribution in [1.29, 1.82) is 0 Å². The van der Waals surface area contributed by atoms with Crippen molar-refractivity contribution in [2.24, 2.45) is 11.7 Å². The monoisotopic (exact) mass is 288 g/mol. The number of carbonyl (C=O) groups excluding carboxylic acids is 1. The molecule has 0 aromatic rings. The maximum Gasteiger partial charge on any atom is 0.225 e. The lowest BCUT2D eigenvalue weighted by molar-refractivity contribution is -0.139. The first-order valence-corrected chi connectivity index (χ1v) is 7.47. The molecule has 0 bridgehead atoms. The van der Waals surface area contributed by atoms with E-state index in [1.807, 2.05) is 25.7 Å². The molecular formula is C15H32N2O3. The lowest BCUT2D eigenvalue weighted by Crippen LogP contribution is -2.45. The molecule has 0 aliphatic carbocycles. The van der Waals surface area contributed by atoms with Gasteiger partial charge in [-0.15, -0.1) is 0 Å². The molecule has 0 saturated carbocycles. The topological polar surface area (TPSA) is 64.8 Å². The molecule has 2 N–H and O–H groups in total. The van der Waals surface area contributed by atoms with Gasteiger partial charge in [0.25, 0.3) is 0 Å². The van der Waals surface area contributed by atoms with Crippen LogP contribution < -0.4 is 5.73 Å². The molecule has 0 aliphatic rings. The minimum absolute atomic E-state index is 0.0184. The van der Waals surface area contributed by atoms with E-state index >= 15 is 0 Å². The molecule has 0 spiro atoms. The Labute approximate surface area is 123 Å². The van der Waals surface area contributed by atoms with Crippen LogP contribution in [0.2, 0.25) is 0 Å². The van der Waals surface area contributed by atoms with Crippen molar-refractivity contribution in [1.82, 2.24) is 4.90 Å². The number of rotatable bonds is 11. The number of amides is 1. The van der Waals surface area contributed by atoms with Gasteiger partial charge in [0.15, 0.2) is 0 Å². The normalized spacial score (nSPS) is 15.7. The summed E-state index contributed by atoms with van der Waals surface area (Å²) >= 11 is 0. The summed E-state index contributed by atoms with van der Waals surface area (Å²) in [5, 5.41) is 0. The van der Waals surface area contributed by atoms with Crippen LogP contribution in [-0.4, -0.2) is 56.9 Å². The Hall–Kier alpha value is -0.650. The van der Waals surface area contributed by atoms with Crippen molar-refractivity contribution in [3.8, 4) is 0 Å². The minimum Gasteiger partial charge on any atom is -0.383 e. The van der Waals surface area contributed by atoms with Gasteiger partial charge in [-0.25, -0.2) is 0 Å². The largest absolute Gasteiger partial charge is 0.383 e. The summed E-state index contributed by atoms with van der Waals surface area (Å²) in [5.74, 6) is 0.196. The zero-order valence-corrected chi connectivity index (χ0v) is 13.7. The maximum absolute atomic E-state index is 12.5. The van der Waals surface area contributed by atoms with E-state index in [2.05, 4.69) is 0 Å². The number of hydrogen-bond acceptors (Lipinski definition) is 4. The average Bonchev–Trinajstić information content (AvgIpc) is 2.38. The summed E-state index contributed by atoms with van der Waals surface area (Å²) in [5.41, 5.74) is 5.74. The van der Waals surface area contributed by atoms with Gasteiger partial charge in [0.05, 0.1) is 19.3 Å². The Morgan fingerprint density at radius 2 is 1.80 bits per heavy atom. The summed E-state index contributed by atoms with van der Waals surface area (Å²) in [6.45, 7) is 7.69. The molecule has 5 nitrogen and oxygen atoms in total. The van der Waals surface area contributed by atoms with E-state index in [0.29, 0.717) is 19.8 Å². The maximum atomic E-state index is 12.5. The lowest BCUT2D eigenvalue weighted by Gasteiger charge is -2.31. The Balaban J connectivity index is 4.42. The van der Waals surface area contributed by atoms with Gasteiger partial charge in [-0.1, -0.05) is 13.3 Å². The summed E-state index contributed by atoms with van der Waals surface area (Å²) in [4.78, 5) is 14.4. The third kappa shape index (κ3) is 7.82. The van der Waals surface area contributed by atoms with E-state index in [9.17, 15) is 4.79 Å². The highest BCUT2D eigenvalue weighted by molar-refractivity contribution is 5.78. The van der Waals surface area contributed by atoms with E-state index < -0.39 is 0 Å². The molecule has 0 fully saturated rings. The molecule has 0 rings (SSSR count). The third-order valence-electron chi connectivity index (χ3n) is 3.48. The summed E-state index contributed by atoms with van der Waals surface area (Å²) in [7, 11) is 3.30. The molecule has 0 heterocycles. The SMILES string of the molecule is COCCN(C(=O)C(C)CCCC(C)N)C(C)COC. The zero-order chi connectivity index (χ0) is 15.5. The van der Waals surface area contributed by atoms with Crippen molar-refractivity contribution >= 4 is 5.91 Å². The number of ether oxygens (including phenoxy) is 2. The van der Waals surface area contributed by atoms with Crippen LogP contribution in [0.25, 0.3) is 0 Å². The van der Waals surface area contributed by atoms with Crippen molar-refractivity contribution in [3.63, 3.8) is 0 Å². The standard InChI is InChI=1S/C15H32N2O3/c1-12(7-6-8-13(2)16)15(18)17(9-10-19-4)14(3)11-20-5/h12-14H,6-11,16H2,1-5H3. The predicted molar refractivity (Wildman–Crippen MR) is 81.6 cm³/mol. The summed E-state index contributed by atoms with van der Waals surface area (Å²) < 4.78 is 10.2. The van der Waals surface area contributed by atoms with Crippen molar-refractivity contribution in [3.05, 3.63) is 0 Å². The summed E-state index contributed by atoms with van der Waals surface area (Å²) in [6.07, 6.45) is 2.83. The van der Waals surface area contributed by atoms with Gasteiger partial charge in [0.2, 0.25) is 5.91 Å². The van der Waals surface area contributed by atoms with Crippen LogP contribution in [-0.2, 0) is 14.3 Å². The highest BCUT2D eigenvalue weighted by Crippen LogP contribution is 2.14. The van der Waals surface area contributed by atoms with E-state index in [4.69, 9.17) is 15.2 Å². The molecule has 3 atom stereocenters. The van der Waals surface area contributed by atoms with Crippen LogP contribution in [0.3, 0.4) is 0 Å². The quantitative estimate of drug-likeness (QED) is 0.628. The molecule has 5 heteroatoms. The number of nitrogens with two attached hydrogens (primary N) is 1. The van der Waals surface area contributed by atoms with Gasteiger partial charge in [0.1, 0.15) is 0 Å². The smallest absolute Gasteiger partial charge is 0.225 e. The second-order valence-corrected chi connectivity index (χ2v) is 5.64. The van der Waals surface area contributed by atoms with Crippen LogP contribution in [0.4, 0.5) is 0 Å². The van der Waals surface area contributed by atoms with Gasteiger partial charge in [-0.05, 0) is 26.7 Å². The van der Waals surface area contributed by atoms with Crippen LogP contribution in [0.15, 0.2) is 0 Å². The number of methoxy groups -OCH3 is 2. The Morgan fingerprint density at radius 3 is 2.30 bits per heavy atom. The fraction of sp³-hybridized carbons (Fsp3) is 0.933. The van der Waals surface area contributed by atoms with Crippen LogP contribution in [0.5, 0.6) is 0 Å². The molecule has 20 heavy (non-hydrogen) atoms. The van der Waals surface area contributed by atoms with Crippen LogP contribution in [0.1, 0.15) is 40.0 Å². The van der Waals surface area contributed by atoms with Gasteiger partial charge < -0.3 is 20.1 Å². The molecule has 3 unspecified atom stereocenters. The first-order valence-electron chi connectivity index (χ1n) is 7.47. The Morgan fingerprint density at radius 1 is 1.15 bits per heavy atom.